The number of hydrogen-bond acceptors (Lipinski definition) is 4. The first-order valence-electron chi connectivity index (χ1n) is 7.60. The lowest BCUT2D eigenvalue weighted by Gasteiger charge is -2.12. The molecule has 0 aliphatic rings. The van der Waals surface area contributed by atoms with Crippen LogP contribution >= 0.6 is 0 Å². The Balaban J connectivity index is 2.12. The fraction of sp³-hybridized carbons (Fsp3) is 0.235. The fourth-order valence-electron chi connectivity index (χ4n) is 2.07. The molecule has 0 aliphatic carbocycles. The minimum atomic E-state index is -3.81. The van der Waals surface area contributed by atoms with Gasteiger partial charge in [-0.3, -0.25) is 9.52 Å². The second kappa shape index (κ2) is 7.98. The highest BCUT2D eigenvalue weighted by Crippen LogP contribution is 2.23. The van der Waals surface area contributed by atoms with E-state index in [1.165, 1.54) is 42.5 Å². The zero-order valence-electron chi connectivity index (χ0n) is 13.9. The third-order valence-electron chi connectivity index (χ3n) is 3.29. The van der Waals surface area contributed by atoms with Crippen molar-refractivity contribution in [2.45, 2.75) is 18.7 Å². The number of halogens is 1. The number of aryl methyl sites for hydroxylation is 1. The summed E-state index contributed by atoms with van der Waals surface area (Å²) in [5, 5.41) is 2.61. The lowest BCUT2D eigenvalue weighted by Crippen LogP contribution is -2.28. The van der Waals surface area contributed by atoms with Crippen molar-refractivity contribution in [3.05, 3.63) is 53.8 Å². The van der Waals surface area contributed by atoms with Crippen molar-refractivity contribution in [3.8, 4) is 5.75 Å². The van der Waals surface area contributed by atoms with Gasteiger partial charge in [0, 0.05) is 12.2 Å². The third-order valence-corrected chi connectivity index (χ3v) is 4.66. The summed E-state index contributed by atoms with van der Waals surface area (Å²) in [6.45, 7) is 3.85. The maximum absolute atomic E-state index is 12.9. The molecule has 2 aromatic rings. The molecule has 0 spiro atoms. The molecule has 0 heterocycles. The summed E-state index contributed by atoms with van der Waals surface area (Å²) in [7, 11) is -3.81. The number of hydrogen-bond donors (Lipinski definition) is 2. The predicted molar refractivity (Wildman–Crippen MR) is 92.6 cm³/mol. The number of likely N-dealkylation sites (N-methyl/N-ethyl adjacent to an activating group) is 1. The van der Waals surface area contributed by atoms with E-state index in [1.807, 2.05) is 0 Å². The van der Waals surface area contributed by atoms with E-state index < -0.39 is 15.8 Å². The normalized spacial score (nSPS) is 11.0. The summed E-state index contributed by atoms with van der Waals surface area (Å²) in [6.07, 6.45) is 0. The molecule has 0 fully saturated rings. The first-order chi connectivity index (χ1) is 11.8. The molecule has 0 aliphatic heterocycles. The highest BCUT2D eigenvalue weighted by molar-refractivity contribution is 7.92. The zero-order valence-corrected chi connectivity index (χ0v) is 14.7. The molecule has 1 amide bonds. The number of anilines is 1. The Morgan fingerprint density at radius 2 is 1.84 bits per heavy atom. The molecular formula is C17H19FN2O4S. The van der Waals surface area contributed by atoms with Gasteiger partial charge in [0.15, 0.2) is 6.61 Å². The van der Waals surface area contributed by atoms with Crippen molar-refractivity contribution in [1.29, 1.82) is 0 Å². The molecule has 2 rings (SSSR count). The Hall–Kier alpha value is -2.61. The largest absolute Gasteiger partial charge is 0.484 e. The molecule has 0 saturated carbocycles. The summed E-state index contributed by atoms with van der Waals surface area (Å²) in [5.74, 6) is -0.282. The number of ether oxygens (including phenoxy) is 1. The van der Waals surface area contributed by atoms with Gasteiger partial charge in [0.25, 0.3) is 15.9 Å². The Labute approximate surface area is 146 Å². The fourth-order valence-corrected chi connectivity index (χ4v) is 3.22. The van der Waals surface area contributed by atoms with Crippen LogP contribution in [-0.4, -0.2) is 27.5 Å². The Bertz CT molecular complexity index is 851. The van der Waals surface area contributed by atoms with Gasteiger partial charge in [-0.05, 0) is 61.9 Å². The van der Waals surface area contributed by atoms with Crippen LogP contribution in [0.2, 0.25) is 0 Å². The second-order valence-electron chi connectivity index (χ2n) is 5.28. The van der Waals surface area contributed by atoms with Gasteiger partial charge in [0.2, 0.25) is 0 Å². The molecule has 0 bridgehead atoms. The number of nitrogens with one attached hydrogen (secondary N) is 2. The lowest BCUT2D eigenvalue weighted by atomic mass is 10.2. The van der Waals surface area contributed by atoms with E-state index in [2.05, 4.69) is 10.0 Å². The van der Waals surface area contributed by atoms with Crippen LogP contribution in [0.25, 0.3) is 0 Å². The van der Waals surface area contributed by atoms with Crippen molar-refractivity contribution < 1.29 is 22.3 Å². The van der Waals surface area contributed by atoms with Gasteiger partial charge in [0.1, 0.15) is 11.6 Å². The summed E-state index contributed by atoms with van der Waals surface area (Å²) >= 11 is 0. The monoisotopic (exact) mass is 366 g/mol. The number of benzene rings is 2. The zero-order chi connectivity index (χ0) is 18.4. The minimum absolute atomic E-state index is 0.0414. The summed E-state index contributed by atoms with van der Waals surface area (Å²) < 4.78 is 45.4. The van der Waals surface area contributed by atoms with Crippen LogP contribution in [-0.2, 0) is 14.8 Å². The van der Waals surface area contributed by atoms with Crippen LogP contribution in [0.4, 0.5) is 10.1 Å². The van der Waals surface area contributed by atoms with Crippen LogP contribution in [0.5, 0.6) is 5.75 Å². The van der Waals surface area contributed by atoms with Gasteiger partial charge < -0.3 is 10.1 Å². The average molecular weight is 366 g/mol. The van der Waals surface area contributed by atoms with Crippen molar-refractivity contribution in [3.63, 3.8) is 0 Å². The van der Waals surface area contributed by atoms with E-state index in [-0.39, 0.29) is 23.1 Å². The molecule has 2 aromatic carbocycles. The second-order valence-corrected chi connectivity index (χ2v) is 6.96. The average Bonchev–Trinajstić information content (AvgIpc) is 2.56. The molecule has 8 heteroatoms. The quantitative estimate of drug-likeness (QED) is 0.788. The molecular weight excluding hydrogens is 347 g/mol. The van der Waals surface area contributed by atoms with Gasteiger partial charge in [0.05, 0.1) is 4.90 Å². The smallest absolute Gasteiger partial charge is 0.261 e. The van der Waals surface area contributed by atoms with Crippen LogP contribution in [0.15, 0.2) is 47.4 Å². The van der Waals surface area contributed by atoms with Crippen molar-refractivity contribution in [1.82, 2.24) is 5.32 Å². The van der Waals surface area contributed by atoms with Crippen molar-refractivity contribution >= 4 is 21.6 Å². The molecule has 6 nitrogen and oxygen atoms in total. The van der Waals surface area contributed by atoms with Crippen molar-refractivity contribution in [2.24, 2.45) is 0 Å². The van der Waals surface area contributed by atoms with E-state index in [1.54, 1.807) is 13.8 Å². The van der Waals surface area contributed by atoms with Crippen LogP contribution in [0.3, 0.4) is 0 Å². The SMILES string of the molecule is CCNC(=O)COc1ccc(S(=O)(=O)Nc2ccc(F)cc2)cc1C. The van der Waals surface area contributed by atoms with E-state index in [9.17, 15) is 17.6 Å². The maximum Gasteiger partial charge on any atom is 0.261 e. The molecule has 134 valence electrons. The summed E-state index contributed by atoms with van der Waals surface area (Å²) in [6, 6.07) is 9.33. The summed E-state index contributed by atoms with van der Waals surface area (Å²) in [4.78, 5) is 11.5. The lowest BCUT2D eigenvalue weighted by molar-refractivity contribution is -0.122. The Kier molecular flexibility index (Phi) is 5.97. The van der Waals surface area contributed by atoms with Gasteiger partial charge in [-0.1, -0.05) is 0 Å². The number of carbonyl (C=O) groups is 1. The van der Waals surface area contributed by atoms with E-state index in [0.29, 0.717) is 17.9 Å². The number of amides is 1. The number of rotatable bonds is 7. The van der Waals surface area contributed by atoms with Gasteiger partial charge >= 0.3 is 0 Å². The Morgan fingerprint density at radius 1 is 1.16 bits per heavy atom. The molecule has 25 heavy (non-hydrogen) atoms. The predicted octanol–water partition coefficient (Wildman–Crippen LogP) is 2.45. The molecule has 0 saturated heterocycles. The summed E-state index contributed by atoms with van der Waals surface area (Å²) in [5.41, 5.74) is 0.835. The van der Waals surface area contributed by atoms with Gasteiger partial charge in [-0.25, -0.2) is 12.8 Å². The number of carbonyl (C=O) groups excluding carboxylic acids is 1. The molecule has 0 unspecified atom stereocenters. The molecule has 0 aromatic heterocycles. The highest BCUT2D eigenvalue weighted by atomic mass is 32.2. The standard InChI is InChI=1S/C17H19FN2O4S/c1-3-19-17(21)11-24-16-9-8-15(10-12(16)2)25(22,23)20-14-6-4-13(18)5-7-14/h4-10,20H,3,11H2,1-2H3,(H,19,21). The van der Waals surface area contributed by atoms with Crippen LogP contribution < -0.4 is 14.8 Å². The van der Waals surface area contributed by atoms with Gasteiger partial charge in [-0.15, -0.1) is 0 Å². The Morgan fingerprint density at radius 3 is 2.44 bits per heavy atom. The topological polar surface area (TPSA) is 84.5 Å². The molecule has 2 N–H and O–H groups in total. The molecule has 0 atom stereocenters. The maximum atomic E-state index is 12.9. The van der Waals surface area contributed by atoms with Crippen LogP contribution in [0, 0.1) is 12.7 Å². The van der Waals surface area contributed by atoms with E-state index in [4.69, 9.17) is 4.74 Å². The first kappa shape index (κ1) is 18.7. The van der Waals surface area contributed by atoms with Crippen LogP contribution in [0.1, 0.15) is 12.5 Å². The minimum Gasteiger partial charge on any atom is -0.484 e. The number of sulfonamides is 1. The molecule has 0 radical (unpaired) electrons. The van der Waals surface area contributed by atoms with Crippen molar-refractivity contribution in [2.75, 3.05) is 17.9 Å². The van der Waals surface area contributed by atoms with E-state index >= 15 is 0 Å². The van der Waals surface area contributed by atoms with Gasteiger partial charge in [-0.2, -0.15) is 0 Å². The van der Waals surface area contributed by atoms with E-state index in [0.717, 1.165) is 0 Å². The third kappa shape index (κ3) is 5.18. The highest BCUT2D eigenvalue weighted by Gasteiger charge is 2.16. The first-order valence-corrected chi connectivity index (χ1v) is 9.08.